The molecule has 0 unspecified atom stereocenters. The van der Waals surface area contributed by atoms with Gasteiger partial charge in [0.2, 0.25) is 11.8 Å². The Labute approximate surface area is 181 Å². The van der Waals surface area contributed by atoms with Crippen LogP contribution in [-0.2, 0) is 22.3 Å². The smallest absolute Gasteiger partial charge is 0.350 e. The van der Waals surface area contributed by atoms with Crippen LogP contribution in [0.5, 0.6) is 0 Å². The number of carbonyl (C=O) groups excluding carboxylic acids is 2. The maximum Gasteiger partial charge on any atom is 0.433 e. The quantitative estimate of drug-likeness (QED) is 0.520. The van der Waals surface area contributed by atoms with Crippen LogP contribution in [0.4, 0.5) is 13.2 Å². The van der Waals surface area contributed by atoms with Gasteiger partial charge in [-0.3, -0.25) is 14.6 Å². The van der Waals surface area contributed by atoms with Crippen LogP contribution in [0, 0.1) is 5.92 Å². The van der Waals surface area contributed by atoms with Gasteiger partial charge in [-0.25, -0.2) is 4.98 Å². The summed E-state index contributed by atoms with van der Waals surface area (Å²) in [5.41, 5.74) is 1.29. The minimum atomic E-state index is -4.51. The van der Waals surface area contributed by atoms with Crippen molar-refractivity contribution < 1.29 is 22.8 Å². The summed E-state index contributed by atoms with van der Waals surface area (Å²) >= 11 is 0. The summed E-state index contributed by atoms with van der Waals surface area (Å²) in [4.78, 5) is 35.8. The fraction of sp³-hybridized carbons (Fsp3) is 0.364. The zero-order chi connectivity index (χ0) is 22.9. The van der Waals surface area contributed by atoms with Gasteiger partial charge < -0.3 is 15.6 Å². The number of aromatic nitrogens is 3. The maximum absolute atomic E-state index is 12.5. The first-order chi connectivity index (χ1) is 15.2. The summed E-state index contributed by atoms with van der Waals surface area (Å²) in [6, 6.07) is 9.09. The molecule has 3 aromatic rings. The molecule has 0 radical (unpaired) electrons. The van der Waals surface area contributed by atoms with Gasteiger partial charge in [0.05, 0.1) is 11.0 Å². The van der Waals surface area contributed by atoms with E-state index in [-0.39, 0.29) is 24.3 Å². The molecular formula is C22H22F3N5O2. The van der Waals surface area contributed by atoms with E-state index < -0.39 is 23.8 Å². The van der Waals surface area contributed by atoms with Gasteiger partial charge >= 0.3 is 6.18 Å². The second-order valence-electron chi connectivity index (χ2n) is 8.00. The van der Waals surface area contributed by atoms with Crippen LogP contribution in [0.1, 0.15) is 42.8 Å². The van der Waals surface area contributed by atoms with Gasteiger partial charge in [-0.1, -0.05) is 18.2 Å². The Balaban J connectivity index is 1.22. The van der Waals surface area contributed by atoms with Gasteiger partial charge in [-0.15, -0.1) is 0 Å². The number of alkyl halides is 3. The second kappa shape index (κ2) is 8.60. The molecular weight excluding hydrogens is 423 g/mol. The van der Waals surface area contributed by atoms with E-state index in [0.717, 1.165) is 35.5 Å². The summed E-state index contributed by atoms with van der Waals surface area (Å²) in [5.74, 6) is 0.587. The molecule has 32 heavy (non-hydrogen) atoms. The van der Waals surface area contributed by atoms with Crippen molar-refractivity contribution in [1.29, 1.82) is 0 Å². The Hall–Kier alpha value is -3.43. The lowest BCUT2D eigenvalue weighted by Crippen LogP contribution is -2.44. The maximum atomic E-state index is 12.5. The molecule has 0 saturated heterocycles. The number of carbonyl (C=O) groups is 2. The number of hydrogen-bond donors (Lipinski definition) is 3. The van der Waals surface area contributed by atoms with Gasteiger partial charge in [-0.2, -0.15) is 13.2 Å². The number of nitrogens with zero attached hydrogens (tertiary/aromatic N) is 2. The highest BCUT2D eigenvalue weighted by molar-refractivity contribution is 5.87. The van der Waals surface area contributed by atoms with Gasteiger partial charge in [0.15, 0.2) is 0 Å². The van der Waals surface area contributed by atoms with Gasteiger partial charge in [-0.05, 0) is 43.0 Å². The van der Waals surface area contributed by atoms with Crippen LogP contribution in [0.25, 0.3) is 11.0 Å². The van der Waals surface area contributed by atoms with Crippen LogP contribution in [0.15, 0.2) is 42.6 Å². The molecule has 0 bridgehead atoms. The normalized spacial score (nSPS) is 18.9. The van der Waals surface area contributed by atoms with E-state index in [1.54, 1.807) is 6.92 Å². The molecule has 3 atom stereocenters. The summed E-state index contributed by atoms with van der Waals surface area (Å²) in [7, 11) is 0. The van der Waals surface area contributed by atoms with E-state index >= 15 is 0 Å². The SMILES string of the molecule is C[C@H](NC(=O)C[C@@H]1C[C@@H]1c1nc2ccccc2[nH]1)C(=O)NCc1ccc(C(F)(F)F)nc1. The average Bonchev–Trinajstić information content (AvgIpc) is 3.37. The number of benzene rings is 1. The van der Waals surface area contributed by atoms with Crippen molar-refractivity contribution in [3.8, 4) is 0 Å². The molecule has 3 N–H and O–H groups in total. The zero-order valence-corrected chi connectivity index (χ0v) is 17.2. The summed E-state index contributed by atoms with van der Waals surface area (Å²) in [6.45, 7) is 1.57. The summed E-state index contributed by atoms with van der Waals surface area (Å²) < 4.78 is 37.6. The van der Waals surface area contributed by atoms with E-state index in [2.05, 4.69) is 25.6 Å². The van der Waals surface area contributed by atoms with Crippen molar-refractivity contribution in [2.45, 2.75) is 44.4 Å². The molecule has 1 aromatic carbocycles. The Morgan fingerprint density at radius 3 is 2.69 bits per heavy atom. The highest BCUT2D eigenvalue weighted by Crippen LogP contribution is 2.48. The van der Waals surface area contributed by atoms with Crippen LogP contribution < -0.4 is 10.6 Å². The lowest BCUT2D eigenvalue weighted by molar-refractivity contribution is -0.141. The molecule has 1 saturated carbocycles. The second-order valence-corrected chi connectivity index (χ2v) is 8.00. The number of para-hydroxylation sites is 2. The molecule has 2 aromatic heterocycles. The highest BCUT2D eigenvalue weighted by Gasteiger charge is 2.42. The van der Waals surface area contributed by atoms with E-state index in [1.165, 1.54) is 6.07 Å². The van der Waals surface area contributed by atoms with Crippen molar-refractivity contribution in [3.63, 3.8) is 0 Å². The van der Waals surface area contributed by atoms with E-state index in [9.17, 15) is 22.8 Å². The number of rotatable bonds is 7. The fourth-order valence-electron chi connectivity index (χ4n) is 3.60. The van der Waals surface area contributed by atoms with E-state index in [1.807, 2.05) is 24.3 Å². The topological polar surface area (TPSA) is 99.8 Å². The summed E-state index contributed by atoms with van der Waals surface area (Å²) in [5, 5.41) is 5.26. The average molecular weight is 445 g/mol. The third kappa shape index (κ3) is 5.06. The molecule has 7 nitrogen and oxygen atoms in total. The first-order valence-electron chi connectivity index (χ1n) is 10.2. The molecule has 10 heteroatoms. The monoisotopic (exact) mass is 445 g/mol. The molecule has 1 fully saturated rings. The summed E-state index contributed by atoms with van der Waals surface area (Å²) in [6.07, 6.45) is -2.29. The van der Waals surface area contributed by atoms with E-state index in [0.29, 0.717) is 12.0 Å². The lowest BCUT2D eigenvalue weighted by Gasteiger charge is -2.14. The predicted molar refractivity (Wildman–Crippen MR) is 110 cm³/mol. The Morgan fingerprint density at radius 2 is 2.00 bits per heavy atom. The fourth-order valence-corrected chi connectivity index (χ4v) is 3.60. The number of nitrogens with one attached hydrogen (secondary N) is 3. The number of hydrogen-bond acceptors (Lipinski definition) is 4. The van der Waals surface area contributed by atoms with Crippen LogP contribution in [0.2, 0.25) is 0 Å². The molecule has 1 aliphatic carbocycles. The molecule has 0 aliphatic heterocycles. The number of aromatic amines is 1. The first-order valence-corrected chi connectivity index (χ1v) is 10.2. The number of H-pyrrole nitrogens is 1. The Kier molecular flexibility index (Phi) is 5.86. The van der Waals surface area contributed by atoms with Crippen molar-refractivity contribution in [2.75, 3.05) is 0 Å². The third-order valence-corrected chi connectivity index (χ3v) is 5.48. The van der Waals surface area contributed by atoms with Crippen LogP contribution in [-0.4, -0.2) is 32.8 Å². The number of pyridine rings is 1. The molecule has 2 amide bonds. The van der Waals surface area contributed by atoms with Crippen molar-refractivity contribution >= 4 is 22.8 Å². The lowest BCUT2D eigenvalue weighted by atomic mass is 10.2. The van der Waals surface area contributed by atoms with E-state index in [4.69, 9.17) is 0 Å². The van der Waals surface area contributed by atoms with Crippen molar-refractivity contribution in [2.24, 2.45) is 5.92 Å². The van der Waals surface area contributed by atoms with Crippen LogP contribution in [0.3, 0.4) is 0 Å². The largest absolute Gasteiger partial charge is 0.433 e. The third-order valence-electron chi connectivity index (χ3n) is 5.48. The number of imidazole rings is 1. The molecule has 2 heterocycles. The minimum absolute atomic E-state index is 0.0148. The molecule has 4 rings (SSSR count). The van der Waals surface area contributed by atoms with Gasteiger partial charge in [0.1, 0.15) is 17.6 Å². The molecule has 1 aliphatic rings. The molecule has 0 spiro atoms. The number of fused-ring (bicyclic) bond motifs is 1. The van der Waals surface area contributed by atoms with Gasteiger partial charge in [0.25, 0.3) is 0 Å². The van der Waals surface area contributed by atoms with Gasteiger partial charge in [0, 0.05) is 25.1 Å². The standard InChI is InChI=1S/C22H22F3N5O2/c1-12(21(32)27-11-13-6-7-18(26-10-13)22(23,24)25)28-19(31)9-14-8-15(14)20-29-16-4-2-3-5-17(16)30-20/h2-7,10,12,14-15H,8-9,11H2,1H3,(H,27,32)(H,28,31)(H,29,30)/t12-,14-,15-/m0/s1. The number of halogens is 3. The van der Waals surface area contributed by atoms with Crippen LogP contribution >= 0.6 is 0 Å². The van der Waals surface area contributed by atoms with Crippen molar-refractivity contribution in [1.82, 2.24) is 25.6 Å². The predicted octanol–water partition coefficient (Wildman–Crippen LogP) is 3.29. The number of amides is 2. The minimum Gasteiger partial charge on any atom is -0.350 e. The Morgan fingerprint density at radius 1 is 1.22 bits per heavy atom. The zero-order valence-electron chi connectivity index (χ0n) is 17.2. The molecule has 168 valence electrons. The van der Waals surface area contributed by atoms with Crippen molar-refractivity contribution in [3.05, 3.63) is 59.7 Å². The Bertz CT molecular complexity index is 1090. The highest BCUT2D eigenvalue weighted by atomic mass is 19.4. The first kappa shape index (κ1) is 21.8.